The van der Waals surface area contributed by atoms with Crippen molar-refractivity contribution in [3.05, 3.63) is 36.0 Å². The minimum absolute atomic E-state index is 0.0248. The lowest BCUT2D eigenvalue weighted by Crippen LogP contribution is -2.55. The number of hydrogen-bond acceptors (Lipinski definition) is 3. The Balaban J connectivity index is 1.66. The highest BCUT2D eigenvalue weighted by atomic mass is 16.3. The van der Waals surface area contributed by atoms with Crippen LogP contribution in [0.15, 0.2) is 30.3 Å². The van der Waals surface area contributed by atoms with Gasteiger partial charge >= 0.3 is 0 Å². The third-order valence-electron chi connectivity index (χ3n) is 4.92. The molecule has 0 saturated carbocycles. The summed E-state index contributed by atoms with van der Waals surface area (Å²) in [5.74, 6) is 0.0248. The van der Waals surface area contributed by atoms with Crippen molar-refractivity contribution in [2.75, 3.05) is 13.1 Å². The zero-order valence-corrected chi connectivity index (χ0v) is 13.7. The van der Waals surface area contributed by atoms with Gasteiger partial charge in [0.2, 0.25) is 5.91 Å². The third-order valence-corrected chi connectivity index (χ3v) is 4.92. The summed E-state index contributed by atoms with van der Waals surface area (Å²) in [6.07, 6.45) is -0.0749. The molecule has 1 aromatic carbocycles. The number of amides is 1. The Morgan fingerprint density at radius 3 is 2.87 bits per heavy atom. The molecule has 0 bridgehead atoms. The van der Waals surface area contributed by atoms with E-state index in [9.17, 15) is 15.0 Å². The van der Waals surface area contributed by atoms with Gasteiger partial charge in [0, 0.05) is 37.3 Å². The fraction of sp³-hybridized carbons (Fsp3) is 0.500. The topological polar surface area (TPSA) is 65.7 Å². The number of likely N-dealkylation sites (tertiary alicyclic amines) is 1. The van der Waals surface area contributed by atoms with Crippen molar-refractivity contribution in [2.45, 2.75) is 44.9 Å². The zero-order valence-electron chi connectivity index (χ0n) is 13.7. The summed E-state index contributed by atoms with van der Waals surface area (Å²) in [6, 6.07) is 10.3. The maximum absolute atomic E-state index is 12.4. The van der Waals surface area contributed by atoms with Gasteiger partial charge in [-0.1, -0.05) is 18.2 Å². The Kier molecular flexibility index (Phi) is 4.17. The molecule has 1 saturated heterocycles. The van der Waals surface area contributed by atoms with Crippen molar-refractivity contribution in [2.24, 2.45) is 0 Å². The largest absolute Gasteiger partial charge is 0.388 e. The van der Waals surface area contributed by atoms with Crippen LogP contribution >= 0.6 is 0 Å². The Labute approximate surface area is 136 Å². The Morgan fingerprint density at radius 1 is 1.39 bits per heavy atom. The highest BCUT2D eigenvalue weighted by molar-refractivity contribution is 5.82. The van der Waals surface area contributed by atoms with E-state index >= 15 is 0 Å². The predicted molar refractivity (Wildman–Crippen MR) is 89.1 cm³/mol. The first-order valence-corrected chi connectivity index (χ1v) is 8.11. The van der Waals surface area contributed by atoms with Gasteiger partial charge in [-0.2, -0.15) is 0 Å². The summed E-state index contributed by atoms with van der Waals surface area (Å²) in [7, 11) is 0. The van der Waals surface area contributed by atoms with E-state index in [1.54, 1.807) is 11.8 Å². The zero-order chi connectivity index (χ0) is 16.6. The van der Waals surface area contributed by atoms with Crippen molar-refractivity contribution in [3.63, 3.8) is 0 Å². The van der Waals surface area contributed by atoms with Crippen LogP contribution in [-0.4, -0.2) is 50.4 Å². The van der Waals surface area contributed by atoms with E-state index in [-0.39, 0.29) is 12.5 Å². The van der Waals surface area contributed by atoms with Crippen molar-refractivity contribution >= 4 is 16.8 Å². The van der Waals surface area contributed by atoms with Gasteiger partial charge in [0.1, 0.15) is 0 Å². The maximum Gasteiger partial charge on any atom is 0.224 e. The SMILES string of the molecule is Cc1cc2ccccc2n1CCC(=O)N1CC[C@@](C)(O)[C@H](O)C1. The molecule has 5 nitrogen and oxygen atoms in total. The summed E-state index contributed by atoms with van der Waals surface area (Å²) in [4.78, 5) is 14.1. The average Bonchev–Trinajstić information content (AvgIpc) is 2.83. The third kappa shape index (κ3) is 3.12. The molecule has 1 fully saturated rings. The number of hydrogen-bond donors (Lipinski definition) is 2. The summed E-state index contributed by atoms with van der Waals surface area (Å²) in [5, 5.41) is 21.1. The quantitative estimate of drug-likeness (QED) is 0.905. The van der Waals surface area contributed by atoms with Crippen LogP contribution < -0.4 is 0 Å². The number of aromatic nitrogens is 1. The van der Waals surface area contributed by atoms with E-state index in [0.717, 1.165) is 11.2 Å². The number of carbonyl (C=O) groups is 1. The molecule has 5 heteroatoms. The molecule has 1 aromatic heterocycles. The number of benzene rings is 1. The van der Waals surface area contributed by atoms with Crippen molar-refractivity contribution in [3.8, 4) is 0 Å². The first-order chi connectivity index (χ1) is 10.9. The van der Waals surface area contributed by atoms with Gasteiger partial charge in [-0.3, -0.25) is 4.79 Å². The molecule has 2 atom stereocenters. The number of para-hydroxylation sites is 1. The predicted octanol–water partition coefficient (Wildman–Crippen LogP) is 1.68. The molecule has 0 unspecified atom stereocenters. The van der Waals surface area contributed by atoms with Gasteiger partial charge in [0.05, 0.1) is 11.7 Å². The van der Waals surface area contributed by atoms with Crippen LogP contribution in [0.4, 0.5) is 0 Å². The smallest absolute Gasteiger partial charge is 0.224 e. The minimum Gasteiger partial charge on any atom is -0.388 e. The van der Waals surface area contributed by atoms with Crippen LogP contribution in [0.25, 0.3) is 10.9 Å². The van der Waals surface area contributed by atoms with Crippen LogP contribution in [0.5, 0.6) is 0 Å². The molecule has 0 radical (unpaired) electrons. The van der Waals surface area contributed by atoms with E-state index in [0.29, 0.717) is 25.9 Å². The first-order valence-electron chi connectivity index (χ1n) is 8.11. The van der Waals surface area contributed by atoms with Crippen molar-refractivity contribution in [1.82, 2.24) is 9.47 Å². The lowest BCUT2D eigenvalue weighted by Gasteiger charge is -2.40. The second-order valence-electron chi connectivity index (χ2n) is 6.71. The second-order valence-corrected chi connectivity index (χ2v) is 6.71. The number of aliphatic hydroxyl groups is 2. The molecule has 0 spiro atoms. The molecule has 1 aliphatic rings. The number of rotatable bonds is 3. The van der Waals surface area contributed by atoms with Gasteiger partial charge in [0.15, 0.2) is 0 Å². The number of nitrogens with zero attached hydrogens (tertiary/aromatic N) is 2. The number of fused-ring (bicyclic) bond motifs is 1. The summed E-state index contributed by atoms with van der Waals surface area (Å²) in [5.41, 5.74) is 1.18. The molecule has 2 heterocycles. The maximum atomic E-state index is 12.4. The lowest BCUT2D eigenvalue weighted by atomic mass is 9.90. The molecule has 2 N–H and O–H groups in total. The lowest BCUT2D eigenvalue weighted by molar-refractivity contribution is -0.146. The van der Waals surface area contributed by atoms with Crippen LogP contribution in [0, 0.1) is 6.92 Å². The molecule has 3 rings (SSSR count). The van der Waals surface area contributed by atoms with E-state index in [2.05, 4.69) is 22.8 Å². The van der Waals surface area contributed by atoms with E-state index < -0.39 is 11.7 Å². The molecule has 1 amide bonds. The van der Waals surface area contributed by atoms with Crippen LogP contribution in [0.2, 0.25) is 0 Å². The molecule has 124 valence electrons. The second kappa shape index (κ2) is 5.98. The summed E-state index contributed by atoms with van der Waals surface area (Å²) < 4.78 is 2.16. The number of aryl methyl sites for hydroxylation is 2. The van der Waals surface area contributed by atoms with E-state index in [1.807, 2.05) is 19.1 Å². The standard InChI is InChI=1S/C18H24N2O3/c1-13-11-14-5-3-4-6-15(14)20(13)9-7-17(22)19-10-8-18(2,23)16(21)12-19/h3-6,11,16,21,23H,7-10,12H2,1-2H3/t16-,18-/m1/s1. The molecule has 1 aliphatic heterocycles. The fourth-order valence-corrected chi connectivity index (χ4v) is 3.26. The Hall–Kier alpha value is -1.85. The van der Waals surface area contributed by atoms with Crippen molar-refractivity contribution < 1.29 is 15.0 Å². The van der Waals surface area contributed by atoms with Crippen molar-refractivity contribution in [1.29, 1.82) is 0 Å². The monoisotopic (exact) mass is 316 g/mol. The van der Waals surface area contributed by atoms with E-state index in [4.69, 9.17) is 0 Å². The normalized spacial score (nSPS) is 25.0. The van der Waals surface area contributed by atoms with Crippen LogP contribution in [0.3, 0.4) is 0 Å². The van der Waals surface area contributed by atoms with Gasteiger partial charge in [0.25, 0.3) is 0 Å². The average molecular weight is 316 g/mol. The molecular weight excluding hydrogens is 292 g/mol. The van der Waals surface area contributed by atoms with Gasteiger partial charge in [-0.05, 0) is 37.8 Å². The van der Waals surface area contributed by atoms with Crippen LogP contribution in [0.1, 0.15) is 25.5 Å². The molecular formula is C18H24N2O3. The number of carbonyl (C=O) groups excluding carboxylic acids is 1. The van der Waals surface area contributed by atoms with Gasteiger partial charge < -0.3 is 19.7 Å². The molecule has 23 heavy (non-hydrogen) atoms. The highest BCUT2D eigenvalue weighted by Crippen LogP contribution is 2.23. The number of β-amino-alcohol motifs (C(OH)–C–C–N with tert-alkyl or cyclic N) is 1. The fourth-order valence-electron chi connectivity index (χ4n) is 3.26. The first kappa shape index (κ1) is 16.0. The highest BCUT2D eigenvalue weighted by Gasteiger charge is 2.37. The summed E-state index contributed by atoms with van der Waals surface area (Å²) >= 11 is 0. The van der Waals surface area contributed by atoms with Gasteiger partial charge in [-0.15, -0.1) is 0 Å². The molecule has 2 aromatic rings. The number of piperidine rings is 1. The Bertz CT molecular complexity index is 720. The van der Waals surface area contributed by atoms with Crippen LogP contribution in [-0.2, 0) is 11.3 Å². The summed E-state index contributed by atoms with van der Waals surface area (Å²) in [6.45, 7) is 4.99. The Morgan fingerprint density at radius 2 is 2.13 bits per heavy atom. The number of aliphatic hydroxyl groups excluding tert-OH is 1. The molecule has 0 aliphatic carbocycles. The van der Waals surface area contributed by atoms with E-state index in [1.165, 1.54) is 5.39 Å². The van der Waals surface area contributed by atoms with Gasteiger partial charge in [-0.25, -0.2) is 0 Å². The minimum atomic E-state index is -1.09.